The molecule has 0 heterocycles. The number of hydrogen-bond acceptors (Lipinski definition) is 2. The second-order valence-electron chi connectivity index (χ2n) is 1.87. The van der Waals surface area contributed by atoms with E-state index < -0.39 is 11.9 Å². The number of carboxylic acid groups (broad SMARTS) is 1. The molecular formula is C7H9NO3. The van der Waals surface area contributed by atoms with Gasteiger partial charge in [-0.25, -0.2) is 4.79 Å². The van der Waals surface area contributed by atoms with Gasteiger partial charge in [0.1, 0.15) is 0 Å². The van der Waals surface area contributed by atoms with Crippen LogP contribution in [0.5, 0.6) is 0 Å². The fourth-order valence-corrected chi connectivity index (χ4v) is 0.535. The van der Waals surface area contributed by atoms with Gasteiger partial charge in [0.2, 0.25) is 5.91 Å². The Kier molecular flexibility index (Phi) is 3.66. The van der Waals surface area contributed by atoms with Crippen molar-refractivity contribution >= 4 is 11.9 Å². The van der Waals surface area contributed by atoms with Gasteiger partial charge in [0.25, 0.3) is 0 Å². The molecule has 60 valence electrons. The quantitative estimate of drug-likeness (QED) is 0.445. The largest absolute Gasteiger partial charge is 0.478 e. The molecule has 0 aliphatic heterocycles. The van der Waals surface area contributed by atoms with Crippen LogP contribution < -0.4 is 5.73 Å². The monoisotopic (exact) mass is 155 g/mol. The standard InChI is InChI=1S/C7H9NO3/c1-2-3-5(7(10)11)4-6(8)9/h2,4H,1,3H2,(H2,8,9)(H,10,11). The van der Waals surface area contributed by atoms with Gasteiger partial charge in [0, 0.05) is 11.6 Å². The van der Waals surface area contributed by atoms with Gasteiger partial charge in [-0.1, -0.05) is 6.08 Å². The Morgan fingerprint density at radius 2 is 2.09 bits per heavy atom. The Bertz CT molecular complexity index is 218. The minimum atomic E-state index is -1.15. The fourth-order valence-electron chi connectivity index (χ4n) is 0.535. The van der Waals surface area contributed by atoms with Crippen LogP contribution in [0.4, 0.5) is 0 Å². The summed E-state index contributed by atoms with van der Waals surface area (Å²) in [6.45, 7) is 3.33. The molecule has 4 nitrogen and oxygen atoms in total. The van der Waals surface area contributed by atoms with Crippen LogP contribution in [0.25, 0.3) is 0 Å². The van der Waals surface area contributed by atoms with E-state index in [4.69, 9.17) is 10.8 Å². The predicted octanol–water partition coefficient (Wildman–Crippen LogP) is 0.0588. The first-order chi connectivity index (χ1) is 5.07. The highest BCUT2D eigenvalue weighted by molar-refractivity contribution is 5.97. The topological polar surface area (TPSA) is 80.4 Å². The van der Waals surface area contributed by atoms with Crippen LogP contribution >= 0.6 is 0 Å². The molecule has 1 amide bonds. The molecule has 0 saturated heterocycles. The highest BCUT2D eigenvalue weighted by atomic mass is 16.4. The summed E-state index contributed by atoms with van der Waals surface area (Å²) in [4.78, 5) is 20.5. The van der Waals surface area contributed by atoms with Crippen molar-refractivity contribution in [3.63, 3.8) is 0 Å². The highest BCUT2D eigenvalue weighted by Crippen LogP contribution is 2.00. The summed E-state index contributed by atoms with van der Waals surface area (Å²) in [5.41, 5.74) is 4.70. The molecule has 0 fully saturated rings. The minimum Gasteiger partial charge on any atom is -0.478 e. The lowest BCUT2D eigenvalue weighted by molar-refractivity contribution is -0.133. The lowest BCUT2D eigenvalue weighted by Gasteiger charge is -1.94. The predicted molar refractivity (Wildman–Crippen MR) is 39.7 cm³/mol. The van der Waals surface area contributed by atoms with Crippen LogP contribution in [0.2, 0.25) is 0 Å². The molecule has 3 N–H and O–H groups in total. The van der Waals surface area contributed by atoms with E-state index in [1.54, 1.807) is 0 Å². The van der Waals surface area contributed by atoms with Gasteiger partial charge >= 0.3 is 5.97 Å². The summed E-state index contributed by atoms with van der Waals surface area (Å²) in [5.74, 6) is -1.91. The Labute approximate surface area is 64.0 Å². The van der Waals surface area contributed by atoms with Crippen LogP contribution in [0, 0.1) is 0 Å². The Balaban J connectivity index is 4.44. The summed E-state index contributed by atoms with van der Waals surface area (Å²) in [7, 11) is 0. The fraction of sp³-hybridized carbons (Fsp3) is 0.143. The summed E-state index contributed by atoms with van der Waals surface area (Å²) >= 11 is 0. The third-order valence-corrected chi connectivity index (χ3v) is 0.955. The van der Waals surface area contributed by atoms with Crippen molar-refractivity contribution < 1.29 is 14.7 Å². The third-order valence-electron chi connectivity index (χ3n) is 0.955. The van der Waals surface area contributed by atoms with Crippen molar-refractivity contribution in [3.05, 3.63) is 24.3 Å². The number of carboxylic acids is 1. The number of primary amides is 1. The van der Waals surface area contributed by atoms with Crippen molar-refractivity contribution in [2.24, 2.45) is 5.73 Å². The first-order valence-corrected chi connectivity index (χ1v) is 2.92. The maximum Gasteiger partial charge on any atom is 0.332 e. The number of carbonyl (C=O) groups excluding carboxylic acids is 1. The smallest absolute Gasteiger partial charge is 0.332 e. The molecule has 0 rings (SSSR count). The molecule has 0 aromatic carbocycles. The number of aliphatic carboxylic acids is 1. The lowest BCUT2D eigenvalue weighted by Crippen LogP contribution is -2.10. The molecule has 0 aliphatic rings. The Morgan fingerprint density at radius 3 is 2.36 bits per heavy atom. The SMILES string of the molecule is C=CCC(=CC(N)=O)C(=O)O. The summed E-state index contributed by atoms with van der Waals surface area (Å²) in [5, 5.41) is 8.43. The summed E-state index contributed by atoms with van der Waals surface area (Å²) < 4.78 is 0. The molecule has 0 aliphatic carbocycles. The van der Waals surface area contributed by atoms with E-state index in [0.717, 1.165) is 6.08 Å². The molecule has 0 bridgehead atoms. The Hall–Kier alpha value is -1.58. The van der Waals surface area contributed by atoms with Gasteiger partial charge in [0.15, 0.2) is 0 Å². The van der Waals surface area contributed by atoms with Crippen molar-refractivity contribution in [2.75, 3.05) is 0 Å². The number of amides is 1. The first kappa shape index (κ1) is 9.42. The van der Waals surface area contributed by atoms with E-state index >= 15 is 0 Å². The van der Waals surface area contributed by atoms with E-state index in [1.165, 1.54) is 6.08 Å². The van der Waals surface area contributed by atoms with E-state index in [1.807, 2.05) is 0 Å². The minimum absolute atomic E-state index is 0.0486. The maximum atomic E-state index is 10.3. The Morgan fingerprint density at radius 1 is 1.55 bits per heavy atom. The van der Waals surface area contributed by atoms with Gasteiger partial charge in [0.05, 0.1) is 0 Å². The van der Waals surface area contributed by atoms with Gasteiger partial charge < -0.3 is 10.8 Å². The number of allylic oxidation sites excluding steroid dienone is 1. The molecule has 0 radical (unpaired) electrons. The summed E-state index contributed by atoms with van der Waals surface area (Å²) in [6, 6.07) is 0. The molecule has 4 heteroatoms. The molecule has 0 aromatic rings. The van der Waals surface area contributed by atoms with E-state index in [9.17, 15) is 9.59 Å². The molecule has 11 heavy (non-hydrogen) atoms. The van der Waals surface area contributed by atoms with Crippen LogP contribution in [0.3, 0.4) is 0 Å². The van der Waals surface area contributed by atoms with Crippen LogP contribution in [0.1, 0.15) is 6.42 Å². The number of carbonyl (C=O) groups is 2. The maximum absolute atomic E-state index is 10.3. The molecule has 0 saturated carbocycles. The van der Waals surface area contributed by atoms with Crippen molar-refractivity contribution in [2.45, 2.75) is 6.42 Å². The van der Waals surface area contributed by atoms with Gasteiger partial charge in [-0.2, -0.15) is 0 Å². The van der Waals surface area contributed by atoms with E-state index in [2.05, 4.69) is 6.58 Å². The van der Waals surface area contributed by atoms with Gasteiger partial charge in [-0.3, -0.25) is 4.79 Å². The third kappa shape index (κ3) is 3.91. The van der Waals surface area contributed by atoms with Gasteiger partial charge in [-0.05, 0) is 6.42 Å². The van der Waals surface area contributed by atoms with Crippen LogP contribution in [0.15, 0.2) is 24.3 Å². The summed E-state index contributed by atoms with van der Waals surface area (Å²) in [6.07, 6.45) is 2.41. The molecule has 0 unspecified atom stereocenters. The molecular weight excluding hydrogens is 146 g/mol. The lowest BCUT2D eigenvalue weighted by atomic mass is 10.2. The second-order valence-corrected chi connectivity index (χ2v) is 1.87. The molecule has 0 spiro atoms. The van der Waals surface area contributed by atoms with Crippen molar-refractivity contribution in [1.29, 1.82) is 0 Å². The zero-order valence-electron chi connectivity index (χ0n) is 5.91. The van der Waals surface area contributed by atoms with E-state index in [-0.39, 0.29) is 12.0 Å². The zero-order valence-corrected chi connectivity index (χ0v) is 5.91. The number of nitrogens with two attached hydrogens (primary N) is 1. The normalized spacial score (nSPS) is 10.7. The number of rotatable bonds is 4. The average molecular weight is 155 g/mol. The molecule has 0 aromatic heterocycles. The van der Waals surface area contributed by atoms with Gasteiger partial charge in [-0.15, -0.1) is 6.58 Å². The highest BCUT2D eigenvalue weighted by Gasteiger charge is 2.05. The number of hydrogen-bond donors (Lipinski definition) is 2. The first-order valence-electron chi connectivity index (χ1n) is 2.92. The van der Waals surface area contributed by atoms with Crippen molar-refractivity contribution in [1.82, 2.24) is 0 Å². The second kappa shape index (κ2) is 4.27. The zero-order chi connectivity index (χ0) is 8.85. The van der Waals surface area contributed by atoms with Crippen LogP contribution in [-0.4, -0.2) is 17.0 Å². The molecule has 0 atom stereocenters. The van der Waals surface area contributed by atoms with E-state index in [0.29, 0.717) is 0 Å². The van der Waals surface area contributed by atoms with Crippen molar-refractivity contribution in [3.8, 4) is 0 Å². The average Bonchev–Trinajstić information content (AvgIpc) is 1.86. The van der Waals surface area contributed by atoms with Crippen LogP contribution in [-0.2, 0) is 9.59 Å².